The van der Waals surface area contributed by atoms with Gasteiger partial charge in [0.2, 0.25) is 5.91 Å². The Balaban J connectivity index is 1.49. The number of aliphatic imine (C=N–C) groups is 1. The van der Waals surface area contributed by atoms with E-state index in [0.717, 1.165) is 24.6 Å². The summed E-state index contributed by atoms with van der Waals surface area (Å²) in [6, 6.07) is 10.1. The lowest BCUT2D eigenvalue weighted by Crippen LogP contribution is -2.54. The van der Waals surface area contributed by atoms with E-state index >= 15 is 0 Å². The molecule has 1 unspecified atom stereocenters. The fraction of sp³-hybridized carbons (Fsp3) is 0.481. The molecule has 1 atom stereocenters. The second-order valence-electron chi connectivity index (χ2n) is 9.86. The summed E-state index contributed by atoms with van der Waals surface area (Å²) in [5, 5.41) is 0. The van der Waals surface area contributed by atoms with E-state index in [-0.39, 0.29) is 30.5 Å². The number of amides is 1. The molecule has 0 aliphatic carbocycles. The van der Waals surface area contributed by atoms with Crippen molar-refractivity contribution in [3.8, 4) is 0 Å². The van der Waals surface area contributed by atoms with Crippen molar-refractivity contribution < 1.29 is 31.1 Å². The fourth-order valence-electron chi connectivity index (χ4n) is 4.97. The minimum absolute atomic E-state index is 0.0393. The number of benzene rings is 2. The van der Waals surface area contributed by atoms with Gasteiger partial charge in [-0.05, 0) is 35.7 Å². The minimum Gasteiger partial charge on any atom is -0.344 e. The van der Waals surface area contributed by atoms with Crippen molar-refractivity contribution in [3.05, 3.63) is 70.8 Å². The van der Waals surface area contributed by atoms with Crippen molar-refractivity contribution in [3.63, 3.8) is 0 Å². The van der Waals surface area contributed by atoms with Gasteiger partial charge in [0.15, 0.2) is 5.96 Å². The lowest BCUT2D eigenvalue weighted by molar-refractivity contribution is -0.143. The van der Waals surface area contributed by atoms with Gasteiger partial charge in [0.25, 0.3) is 0 Å². The second-order valence-corrected chi connectivity index (χ2v) is 9.86. The summed E-state index contributed by atoms with van der Waals surface area (Å²) in [4.78, 5) is 26.0. The van der Waals surface area contributed by atoms with Crippen LogP contribution < -0.4 is 0 Å². The van der Waals surface area contributed by atoms with Crippen LogP contribution in [0.4, 0.5) is 26.3 Å². The summed E-state index contributed by atoms with van der Waals surface area (Å²) in [7, 11) is 3.51. The summed E-state index contributed by atoms with van der Waals surface area (Å²) >= 11 is 0. The summed E-state index contributed by atoms with van der Waals surface area (Å²) < 4.78 is 79.6. The Kier molecular flexibility index (Phi) is 8.43. The molecule has 0 radical (unpaired) electrons. The van der Waals surface area contributed by atoms with E-state index in [0.29, 0.717) is 38.3 Å². The zero-order chi connectivity index (χ0) is 28.4. The molecular weight excluding hydrogens is 524 g/mol. The van der Waals surface area contributed by atoms with E-state index < -0.39 is 29.5 Å². The number of nitrogens with zero attached hydrogens (tertiary/aromatic N) is 5. The summed E-state index contributed by atoms with van der Waals surface area (Å²) in [6.07, 6.45) is -10.00. The number of carbonyl (C=O) groups is 1. The highest BCUT2D eigenvalue weighted by Gasteiger charge is 2.37. The Morgan fingerprint density at radius 3 is 2.03 bits per heavy atom. The first-order chi connectivity index (χ1) is 18.3. The number of likely N-dealkylation sites (N-methyl/N-ethyl adjacent to an activating group) is 2. The van der Waals surface area contributed by atoms with E-state index in [1.165, 1.54) is 11.9 Å². The number of piperazine rings is 1. The topological polar surface area (TPSA) is 42.4 Å². The maximum atomic E-state index is 13.7. The molecule has 4 rings (SSSR count). The molecule has 0 aromatic heterocycles. The zero-order valence-electron chi connectivity index (χ0n) is 21.8. The number of guanidine groups is 1. The van der Waals surface area contributed by atoms with Gasteiger partial charge in [-0.1, -0.05) is 30.3 Å². The van der Waals surface area contributed by atoms with Crippen molar-refractivity contribution in [1.82, 2.24) is 19.6 Å². The quantitative estimate of drug-likeness (QED) is 0.497. The van der Waals surface area contributed by atoms with Crippen LogP contribution in [0.2, 0.25) is 0 Å². The van der Waals surface area contributed by atoms with Crippen molar-refractivity contribution in [2.24, 2.45) is 4.99 Å². The molecule has 12 heteroatoms. The molecule has 1 saturated heterocycles. The van der Waals surface area contributed by atoms with Crippen molar-refractivity contribution in [2.75, 3.05) is 59.9 Å². The van der Waals surface area contributed by atoms with Crippen LogP contribution in [-0.2, 0) is 23.6 Å². The molecule has 6 nitrogen and oxygen atoms in total. The monoisotopic (exact) mass is 555 g/mol. The van der Waals surface area contributed by atoms with Gasteiger partial charge in [-0.15, -0.1) is 0 Å². The fourth-order valence-corrected chi connectivity index (χ4v) is 4.97. The molecule has 1 fully saturated rings. The molecule has 2 aliphatic heterocycles. The Morgan fingerprint density at radius 1 is 0.923 bits per heavy atom. The average molecular weight is 556 g/mol. The van der Waals surface area contributed by atoms with Crippen LogP contribution in [0.15, 0.2) is 53.5 Å². The van der Waals surface area contributed by atoms with Gasteiger partial charge in [-0.25, -0.2) is 0 Å². The lowest BCUT2D eigenvalue weighted by atomic mass is 10.0. The van der Waals surface area contributed by atoms with Crippen molar-refractivity contribution >= 4 is 11.9 Å². The second kappa shape index (κ2) is 11.4. The van der Waals surface area contributed by atoms with Gasteiger partial charge >= 0.3 is 12.4 Å². The highest BCUT2D eigenvalue weighted by atomic mass is 19.4. The molecular formula is C27H31F6N5O. The van der Waals surface area contributed by atoms with Gasteiger partial charge in [0, 0.05) is 53.4 Å². The Bertz CT molecular complexity index is 1140. The minimum atomic E-state index is -4.92. The number of hydrogen-bond donors (Lipinski definition) is 0. The molecule has 2 heterocycles. The van der Waals surface area contributed by atoms with Crippen molar-refractivity contribution in [1.29, 1.82) is 0 Å². The molecule has 0 N–H and O–H groups in total. The summed E-state index contributed by atoms with van der Waals surface area (Å²) in [5.74, 6) is 0.668. The van der Waals surface area contributed by atoms with E-state index in [9.17, 15) is 31.1 Å². The normalized spacial score (nSPS) is 17.8. The number of alkyl halides is 6. The smallest absolute Gasteiger partial charge is 0.344 e. The Hall–Kier alpha value is -3.28. The van der Waals surface area contributed by atoms with Crippen molar-refractivity contribution in [2.45, 2.75) is 24.8 Å². The number of carbonyl (C=O) groups excluding carboxylic acids is 1. The lowest BCUT2D eigenvalue weighted by Gasteiger charge is -2.41. The highest BCUT2D eigenvalue weighted by Crippen LogP contribution is 2.36. The first-order valence-corrected chi connectivity index (χ1v) is 12.7. The Labute approximate surface area is 223 Å². The number of hydrogen-bond acceptors (Lipinski definition) is 5. The third-order valence-corrected chi connectivity index (χ3v) is 7.10. The molecule has 2 aromatic carbocycles. The van der Waals surface area contributed by atoms with E-state index in [2.05, 4.69) is 19.7 Å². The van der Waals surface area contributed by atoms with Gasteiger partial charge in [0.1, 0.15) is 6.04 Å². The van der Waals surface area contributed by atoms with Gasteiger partial charge in [-0.2, -0.15) is 26.3 Å². The molecule has 0 saturated carbocycles. The predicted molar refractivity (Wildman–Crippen MR) is 135 cm³/mol. The van der Waals surface area contributed by atoms with Crippen LogP contribution in [0.1, 0.15) is 28.3 Å². The van der Waals surface area contributed by atoms with Gasteiger partial charge in [0.05, 0.1) is 17.7 Å². The van der Waals surface area contributed by atoms with Gasteiger partial charge in [-0.3, -0.25) is 14.7 Å². The third-order valence-electron chi connectivity index (χ3n) is 7.10. The molecule has 0 bridgehead atoms. The van der Waals surface area contributed by atoms with Crippen LogP contribution in [0.5, 0.6) is 0 Å². The first kappa shape index (κ1) is 28.7. The summed E-state index contributed by atoms with van der Waals surface area (Å²) in [5.41, 5.74) is -2.09. The largest absolute Gasteiger partial charge is 0.416 e. The van der Waals surface area contributed by atoms with Gasteiger partial charge < -0.3 is 14.7 Å². The third kappa shape index (κ3) is 6.84. The first-order valence-electron chi connectivity index (χ1n) is 12.7. The maximum Gasteiger partial charge on any atom is 0.416 e. The average Bonchev–Trinajstić information content (AvgIpc) is 3.33. The van der Waals surface area contributed by atoms with E-state index in [1.54, 1.807) is 0 Å². The van der Waals surface area contributed by atoms with Crippen LogP contribution in [0, 0.1) is 0 Å². The standard InChI is InChI=1S/C27H31F6N5O/c1-35(10-8-19-16-21(26(28,29)30)18-22(17-19)27(31,32)33)24(39)23(20-6-4-3-5-7-20)37-12-14-38(15-13-37)25-34-9-11-36(25)2/h3-7,16-18,23H,8-15H2,1-2H3. The SMILES string of the molecule is CN(CCc1cc(C(F)(F)F)cc(C(F)(F)F)c1)C(=O)C(c1ccccc1)N1CCN(C2=NCCN2C)CC1. The highest BCUT2D eigenvalue weighted by molar-refractivity contribution is 5.83. The Morgan fingerprint density at radius 2 is 1.51 bits per heavy atom. The maximum absolute atomic E-state index is 13.7. The zero-order valence-corrected chi connectivity index (χ0v) is 21.8. The molecule has 1 amide bonds. The summed E-state index contributed by atoms with van der Waals surface area (Å²) in [6.45, 7) is 4.10. The van der Waals surface area contributed by atoms with Crippen LogP contribution in [-0.4, -0.2) is 91.4 Å². The van der Waals surface area contributed by atoms with Crippen LogP contribution in [0.3, 0.4) is 0 Å². The number of rotatable bonds is 6. The molecule has 2 aliphatic rings. The van der Waals surface area contributed by atoms with E-state index in [4.69, 9.17) is 0 Å². The predicted octanol–water partition coefficient (Wildman–Crippen LogP) is 4.39. The van der Waals surface area contributed by atoms with Crippen LogP contribution in [0.25, 0.3) is 0 Å². The van der Waals surface area contributed by atoms with Crippen LogP contribution >= 0.6 is 0 Å². The molecule has 0 spiro atoms. The van der Waals surface area contributed by atoms with E-state index in [1.807, 2.05) is 37.4 Å². The molecule has 39 heavy (non-hydrogen) atoms. The molecule has 212 valence electrons. The number of halogens is 6. The molecule has 2 aromatic rings.